The van der Waals surface area contributed by atoms with E-state index in [4.69, 9.17) is 4.74 Å². The van der Waals surface area contributed by atoms with Crippen LogP contribution in [0.1, 0.15) is 47.5 Å². The number of hydrogen-bond donors (Lipinski definition) is 2. The van der Waals surface area contributed by atoms with E-state index in [1.165, 1.54) is 0 Å². The highest BCUT2D eigenvalue weighted by atomic mass is 32.2. The highest BCUT2D eigenvalue weighted by Gasteiger charge is 2.76. The lowest BCUT2D eigenvalue weighted by molar-refractivity contribution is -0.154. The smallest absolute Gasteiger partial charge is 0.310 e. The van der Waals surface area contributed by atoms with Crippen LogP contribution in [-0.4, -0.2) is 69.1 Å². The van der Waals surface area contributed by atoms with E-state index in [2.05, 4.69) is 12.2 Å². The Balaban J connectivity index is 2.03. The molecular weight excluding hydrogens is 380 g/mol. The van der Waals surface area contributed by atoms with Crippen LogP contribution in [-0.2, 0) is 19.1 Å². The Hall–Kier alpha value is -1.28. The van der Waals surface area contributed by atoms with Gasteiger partial charge < -0.3 is 20.1 Å². The van der Waals surface area contributed by atoms with Crippen molar-refractivity contribution in [2.24, 2.45) is 17.8 Å². The van der Waals surface area contributed by atoms with E-state index in [9.17, 15) is 19.5 Å². The van der Waals surface area contributed by atoms with Crippen LogP contribution in [0, 0.1) is 17.8 Å². The van der Waals surface area contributed by atoms with Gasteiger partial charge in [-0.3, -0.25) is 14.4 Å². The van der Waals surface area contributed by atoms with Crippen molar-refractivity contribution in [3.8, 4) is 0 Å². The minimum Gasteiger partial charge on any atom is -0.466 e. The fraction of sp³-hybridized carbons (Fsp3) is 0.850. The van der Waals surface area contributed by atoms with E-state index >= 15 is 0 Å². The quantitative estimate of drug-likeness (QED) is 0.636. The molecule has 0 aromatic heterocycles. The SMILES string of the molecule is CCOC(=O)[C@@H]1[C@H]2C(=O)N(CCCO)C(C(=O)NC(C)(C)C)C23S[C@@H]1CC3C. The molecule has 3 aliphatic heterocycles. The zero-order valence-electron chi connectivity index (χ0n) is 17.4. The van der Waals surface area contributed by atoms with Gasteiger partial charge in [0.05, 0.1) is 23.2 Å². The third-order valence-electron chi connectivity index (χ3n) is 6.11. The van der Waals surface area contributed by atoms with Crippen LogP contribution in [0.3, 0.4) is 0 Å². The van der Waals surface area contributed by atoms with Crippen molar-refractivity contribution >= 4 is 29.5 Å². The van der Waals surface area contributed by atoms with Crippen molar-refractivity contribution in [1.82, 2.24) is 10.2 Å². The molecule has 2 N–H and O–H groups in total. The van der Waals surface area contributed by atoms with E-state index in [-0.39, 0.29) is 42.2 Å². The van der Waals surface area contributed by atoms with Gasteiger partial charge in [-0.05, 0) is 46.5 Å². The summed E-state index contributed by atoms with van der Waals surface area (Å²) in [7, 11) is 0. The van der Waals surface area contributed by atoms with Gasteiger partial charge in [-0.15, -0.1) is 11.8 Å². The number of thioether (sulfide) groups is 1. The van der Waals surface area contributed by atoms with Crippen molar-refractivity contribution in [2.45, 2.75) is 69.0 Å². The number of carbonyl (C=O) groups is 3. The van der Waals surface area contributed by atoms with Gasteiger partial charge in [0.1, 0.15) is 6.04 Å². The minimum atomic E-state index is -0.639. The number of fused-ring (bicyclic) bond motifs is 1. The second-order valence-electron chi connectivity index (χ2n) is 9.15. The molecule has 28 heavy (non-hydrogen) atoms. The standard InChI is InChI=1S/C20H32N2O5S/c1-6-27-18(26)13-12-10-11(2)20(28-12)14(13)17(25)22(8-7-9-23)15(20)16(24)21-19(3,4)5/h11-15,23H,6-10H2,1-5H3,(H,21,24)/t11?,12-,13+,14+,15?,20?/m1/s1. The van der Waals surface area contributed by atoms with Crippen LogP contribution in [0.25, 0.3) is 0 Å². The van der Waals surface area contributed by atoms with Crippen LogP contribution in [0.4, 0.5) is 0 Å². The van der Waals surface area contributed by atoms with Crippen molar-refractivity contribution in [1.29, 1.82) is 0 Å². The molecule has 8 heteroatoms. The van der Waals surface area contributed by atoms with Crippen molar-refractivity contribution in [3.63, 3.8) is 0 Å². The third-order valence-corrected chi connectivity index (χ3v) is 8.18. The number of hydrogen-bond acceptors (Lipinski definition) is 6. The van der Waals surface area contributed by atoms with Gasteiger partial charge in [0, 0.05) is 23.9 Å². The maximum atomic E-state index is 13.5. The fourth-order valence-corrected chi connectivity index (χ4v) is 7.66. The predicted molar refractivity (Wildman–Crippen MR) is 107 cm³/mol. The van der Waals surface area contributed by atoms with Gasteiger partial charge in [-0.25, -0.2) is 0 Å². The predicted octanol–water partition coefficient (Wildman–Crippen LogP) is 1.18. The van der Waals surface area contributed by atoms with Gasteiger partial charge in [0.2, 0.25) is 11.8 Å². The number of esters is 1. The largest absolute Gasteiger partial charge is 0.466 e. The second-order valence-corrected chi connectivity index (χ2v) is 10.7. The Bertz CT molecular complexity index is 663. The Morgan fingerprint density at radius 1 is 1.39 bits per heavy atom. The van der Waals surface area contributed by atoms with Crippen LogP contribution in [0.15, 0.2) is 0 Å². The van der Waals surface area contributed by atoms with E-state index in [0.29, 0.717) is 13.0 Å². The number of nitrogens with zero attached hydrogens (tertiary/aromatic N) is 1. The molecule has 0 aliphatic carbocycles. The van der Waals surface area contributed by atoms with Crippen molar-refractivity contribution in [2.75, 3.05) is 19.8 Å². The van der Waals surface area contributed by atoms with E-state index in [1.54, 1.807) is 23.6 Å². The molecule has 3 unspecified atom stereocenters. The van der Waals surface area contributed by atoms with E-state index in [0.717, 1.165) is 6.42 Å². The summed E-state index contributed by atoms with van der Waals surface area (Å²) in [5, 5.41) is 12.4. The zero-order valence-corrected chi connectivity index (χ0v) is 18.2. The molecule has 6 atom stereocenters. The zero-order chi connectivity index (χ0) is 20.9. The van der Waals surface area contributed by atoms with Crippen LogP contribution in [0.5, 0.6) is 0 Å². The lowest BCUT2D eigenvalue weighted by atomic mass is 9.66. The normalized spacial score (nSPS) is 36.6. The number of rotatable bonds is 6. The molecule has 3 fully saturated rings. The first kappa shape index (κ1) is 21.4. The van der Waals surface area contributed by atoms with Gasteiger partial charge in [0.25, 0.3) is 0 Å². The molecule has 0 radical (unpaired) electrons. The molecule has 2 bridgehead atoms. The molecule has 1 spiro atoms. The van der Waals surface area contributed by atoms with Gasteiger partial charge in [0.15, 0.2) is 0 Å². The Labute approximate surface area is 170 Å². The molecule has 7 nitrogen and oxygen atoms in total. The summed E-state index contributed by atoms with van der Waals surface area (Å²) >= 11 is 1.64. The van der Waals surface area contributed by atoms with Crippen LogP contribution in [0.2, 0.25) is 0 Å². The summed E-state index contributed by atoms with van der Waals surface area (Å²) in [5.41, 5.74) is -0.428. The Kier molecular flexibility index (Phi) is 5.75. The van der Waals surface area contributed by atoms with Crippen molar-refractivity contribution in [3.05, 3.63) is 0 Å². The van der Waals surface area contributed by atoms with Crippen LogP contribution >= 0.6 is 11.8 Å². The number of aliphatic hydroxyl groups excluding tert-OH is 1. The second kappa shape index (κ2) is 7.52. The molecule has 0 saturated carbocycles. The molecule has 158 valence electrons. The fourth-order valence-electron chi connectivity index (χ4n) is 5.25. The Morgan fingerprint density at radius 2 is 2.07 bits per heavy atom. The van der Waals surface area contributed by atoms with Crippen LogP contribution < -0.4 is 5.32 Å². The summed E-state index contributed by atoms with van der Waals surface area (Å²) in [5.74, 6) is -1.56. The monoisotopic (exact) mass is 412 g/mol. The lowest BCUT2D eigenvalue weighted by Gasteiger charge is -2.39. The average Bonchev–Trinajstić information content (AvgIpc) is 3.15. The number of likely N-dealkylation sites (tertiary alicyclic amines) is 1. The summed E-state index contributed by atoms with van der Waals surface area (Å²) in [4.78, 5) is 41.1. The highest BCUT2D eigenvalue weighted by Crippen LogP contribution is 2.68. The lowest BCUT2D eigenvalue weighted by Crippen LogP contribution is -2.59. The number of amides is 2. The van der Waals surface area contributed by atoms with Gasteiger partial charge >= 0.3 is 5.97 Å². The molecule has 2 amide bonds. The van der Waals surface area contributed by atoms with Crippen molar-refractivity contribution < 1.29 is 24.2 Å². The summed E-state index contributed by atoms with van der Waals surface area (Å²) in [6.07, 6.45) is 1.20. The topological polar surface area (TPSA) is 95.9 Å². The van der Waals surface area contributed by atoms with E-state index < -0.39 is 28.2 Å². The first-order valence-electron chi connectivity index (χ1n) is 10.2. The molecule has 3 saturated heterocycles. The highest BCUT2D eigenvalue weighted by molar-refractivity contribution is 8.02. The molecular formula is C20H32N2O5S. The maximum Gasteiger partial charge on any atom is 0.310 e. The molecule has 3 rings (SSSR count). The average molecular weight is 413 g/mol. The molecule has 3 heterocycles. The summed E-state index contributed by atoms with van der Waals surface area (Å²) in [6, 6.07) is -0.639. The van der Waals surface area contributed by atoms with E-state index in [1.807, 2.05) is 20.8 Å². The first-order valence-corrected chi connectivity index (χ1v) is 11.0. The molecule has 3 aliphatic rings. The number of nitrogens with one attached hydrogen (secondary N) is 1. The first-order chi connectivity index (χ1) is 13.1. The summed E-state index contributed by atoms with van der Waals surface area (Å²) < 4.78 is 4.67. The third kappa shape index (κ3) is 3.22. The Morgan fingerprint density at radius 3 is 2.64 bits per heavy atom. The maximum absolute atomic E-state index is 13.5. The molecule has 0 aromatic rings. The molecule has 0 aromatic carbocycles. The van der Waals surface area contributed by atoms with Gasteiger partial charge in [-0.1, -0.05) is 6.92 Å². The van der Waals surface area contributed by atoms with Gasteiger partial charge in [-0.2, -0.15) is 0 Å². The number of ether oxygens (including phenoxy) is 1. The number of aliphatic hydroxyl groups is 1. The summed E-state index contributed by atoms with van der Waals surface area (Å²) in [6.45, 7) is 10.1. The minimum absolute atomic E-state index is 0.00734. The number of carbonyl (C=O) groups excluding carboxylic acids is 3.